The summed E-state index contributed by atoms with van der Waals surface area (Å²) in [6.45, 7) is 0.480. The molecule has 2 N–H and O–H groups in total. The smallest absolute Gasteiger partial charge is 0.126 e. The van der Waals surface area contributed by atoms with Crippen LogP contribution in [0.1, 0.15) is 30.5 Å². The second kappa shape index (κ2) is 8.89. The molecule has 2 heterocycles. The molecule has 1 fully saturated rings. The van der Waals surface area contributed by atoms with Gasteiger partial charge in [-0.2, -0.15) is 0 Å². The SMILES string of the molecule is O[C@@H]1CC[C@H](Cc2cc(-c3cccc(NCc4cccc(F)c4)n3)c(Cl)cn2)C1. The van der Waals surface area contributed by atoms with Crippen LogP contribution >= 0.6 is 11.6 Å². The Morgan fingerprint density at radius 2 is 2.00 bits per heavy atom. The monoisotopic (exact) mass is 411 g/mol. The molecule has 29 heavy (non-hydrogen) atoms. The predicted octanol–water partition coefficient (Wildman–Crippen LogP) is 5.25. The number of hydrogen-bond acceptors (Lipinski definition) is 4. The fraction of sp³-hybridized carbons (Fsp3) is 0.304. The van der Waals surface area contributed by atoms with Gasteiger partial charge in [0.25, 0.3) is 0 Å². The van der Waals surface area contributed by atoms with Gasteiger partial charge in [-0.05, 0) is 67.5 Å². The van der Waals surface area contributed by atoms with Gasteiger partial charge >= 0.3 is 0 Å². The van der Waals surface area contributed by atoms with Gasteiger partial charge in [-0.25, -0.2) is 9.37 Å². The third-order valence-electron chi connectivity index (χ3n) is 5.31. The van der Waals surface area contributed by atoms with Crippen molar-refractivity contribution in [2.24, 2.45) is 5.92 Å². The number of anilines is 1. The quantitative estimate of drug-likeness (QED) is 0.581. The highest BCUT2D eigenvalue weighted by Crippen LogP contribution is 2.31. The van der Waals surface area contributed by atoms with Crippen molar-refractivity contribution in [1.29, 1.82) is 0 Å². The van der Waals surface area contributed by atoms with E-state index in [1.165, 1.54) is 12.1 Å². The van der Waals surface area contributed by atoms with Crippen molar-refractivity contribution in [1.82, 2.24) is 9.97 Å². The van der Waals surface area contributed by atoms with E-state index < -0.39 is 0 Å². The summed E-state index contributed by atoms with van der Waals surface area (Å²) in [5.74, 6) is 0.899. The summed E-state index contributed by atoms with van der Waals surface area (Å²) in [5, 5.41) is 13.5. The second-order valence-corrected chi connectivity index (χ2v) is 7.99. The fourth-order valence-electron chi connectivity index (χ4n) is 3.84. The summed E-state index contributed by atoms with van der Waals surface area (Å²) in [7, 11) is 0. The topological polar surface area (TPSA) is 58.0 Å². The zero-order valence-electron chi connectivity index (χ0n) is 16.0. The molecule has 1 saturated carbocycles. The summed E-state index contributed by atoms with van der Waals surface area (Å²) in [4.78, 5) is 9.14. The third-order valence-corrected chi connectivity index (χ3v) is 5.61. The number of aliphatic hydroxyl groups is 1. The Balaban J connectivity index is 1.50. The Morgan fingerprint density at radius 1 is 1.14 bits per heavy atom. The average molecular weight is 412 g/mol. The van der Waals surface area contributed by atoms with E-state index in [0.29, 0.717) is 23.3 Å². The highest BCUT2D eigenvalue weighted by Gasteiger charge is 2.23. The number of pyridine rings is 2. The second-order valence-electron chi connectivity index (χ2n) is 7.58. The Labute approximate surface area is 174 Å². The number of benzene rings is 1. The van der Waals surface area contributed by atoms with Crippen molar-refractivity contribution in [3.05, 3.63) is 76.8 Å². The normalized spacial score (nSPS) is 18.7. The highest BCUT2D eigenvalue weighted by molar-refractivity contribution is 6.33. The van der Waals surface area contributed by atoms with E-state index in [2.05, 4.69) is 15.3 Å². The van der Waals surface area contributed by atoms with Gasteiger partial charge in [0.05, 0.1) is 16.8 Å². The van der Waals surface area contributed by atoms with Gasteiger partial charge in [0.15, 0.2) is 0 Å². The molecular weight excluding hydrogens is 389 g/mol. The number of aromatic nitrogens is 2. The summed E-state index contributed by atoms with van der Waals surface area (Å²) in [5.41, 5.74) is 3.41. The molecule has 0 spiro atoms. The summed E-state index contributed by atoms with van der Waals surface area (Å²) < 4.78 is 13.3. The van der Waals surface area contributed by atoms with Crippen LogP contribution in [-0.4, -0.2) is 21.2 Å². The molecule has 150 valence electrons. The van der Waals surface area contributed by atoms with Crippen LogP contribution in [0.3, 0.4) is 0 Å². The summed E-state index contributed by atoms with van der Waals surface area (Å²) in [6.07, 6.45) is 5.04. The molecule has 1 aromatic carbocycles. The van der Waals surface area contributed by atoms with E-state index in [1.54, 1.807) is 12.3 Å². The van der Waals surface area contributed by atoms with Gasteiger partial charge in [-0.1, -0.05) is 29.8 Å². The van der Waals surface area contributed by atoms with Crippen molar-refractivity contribution < 1.29 is 9.50 Å². The third kappa shape index (κ3) is 5.11. The van der Waals surface area contributed by atoms with Crippen LogP contribution in [0, 0.1) is 11.7 Å². The van der Waals surface area contributed by atoms with E-state index >= 15 is 0 Å². The molecule has 0 bridgehead atoms. The lowest BCUT2D eigenvalue weighted by molar-refractivity contribution is 0.177. The standard InChI is InChI=1S/C23H23ClFN3O/c24-21-14-26-18(10-15-7-8-19(29)11-15)12-20(21)22-5-2-6-23(28-22)27-13-16-3-1-4-17(25)9-16/h1-6,9,12,14-15,19,29H,7-8,10-11,13H2,(H,27,28)/t15-,19-/m1/s1. The van der Waals surface area contributed by atoms with Gasteiger partial charge in [-0.3, -0.25) is 4.98 Å². The number of aliphatic hydroxyl groups excluding tert-OH is 1. The lowest BCUT2D eigenvalue weighted by Gasteiger charge is -2.12. The molecule has 1 aliphatic carbocycles. The number of nitrogens with one attached hydrogen (secondary N) is 1. The van der Waals surface area contributed by atoms with Gasteiger partial charge in [0, 0.05) is 24.0 Å². The lowest BCUT2D eigenvalue weighted by Crippen LogP contribution is -2.05. The molecule has 2 atom stereocenters. The molecule has 0 saturated heterocycles. The van der Waals surface area contributed by atoms with Gasteiger partial charge < -0.3 is 10.4 Å². The van der Waals surface area contributed by atoms with Crippen molar-refractivity contribution in [2.45, 2.75) is 38.3 Å². The van der Waals surface area contributed by atoms with Crippen LogP contribution in [0.2, 0.25) is 5.02 Å². The first-order valence-electron chi connectivity index (χ1n) is 9.85. The Hall–Kier alpha value is -2.50. The Morgan fingerprint density at radius 3 is 2.79 bits per heavy atom. The van der Waals surface area contributed by atoms with E-state index in [9.17, 15) is 9.50 Å². The minimum Gasteiger partial charge on any atom is -0.393 e. The molecule has 0 radical (unpaired) electrons. The Kier molecular flexibility index (Phi) is 6.07. The minimum atomic E-state index is -0.253. The highest BCUT2D eigenvalue weighted by atomic mass is 35.5. The van der Waals surface area contributed by atoms with Crippen LogP contribution < -0.4 is 5.32 Å². The zero-order valence-corrected chi connectivity index (χ0v) is 16.7. The first-order chi connectivity index (χ1) is 14.1. The molecule has 0 aliphatic heterocycles. The van der Waals surface area contributed by atoms with E-state index in [0.717, 1.165) is 48.2 Å². The molecule has 6 heteroatoms. The maximum Gasteiger partial charge on any atom is 0.126 e. The van der Waals surface area contributed by atoms with Gasteiger partial charge in [0.1, 0.15) is 11.6 Å². The van der Waals surface area contributed by atoms with Crippen molar-refractivity contribution in [2.75, 3.05) is 5.32 Å². The maximum absolute atomic E-state index is 13.3. The predicted molar refractivity (Wildman–Crippen MR) is 113 cm³/mol. The molecule has 1 aliphatic rings. The average Bonchev–Trinajstić information content (AvgIpc) is 3.13. The van der Waals surface area contributed by atoms with E-state index in [-0.39, 0.29) is 11.9 Å². The summed E-state index contributed by atoms with van der Waals surface area (Å²) in [6, 6.07) is 14.2. The molecule has 3 aromatic rings. The van der Waals surface area contributed by atoms with Crippen LogP contribution in [-0.2, 0) is 13.0 Å². The van der Waals surface area contributed by atoms with E-state index in [1.807, 2.05) is 30.3 Å². The van der Waals surface area contributed by atoms with Crippen LogP contribution in [0.15, 0.2) is 54.7 Å². The molecule has 0 unspecified atom stereocenters. The van der Waals surface area contributed by atoms with Crippen molar-refractivity contribution in [3.8, 4) is 11.3 Å². The minimum absolute atomic E-state index is 0.186. The van der Waals surface area contributed by atoms with Crippen molar-refractivity contribution >= 4 is 17.4 Å². The molecule has 4 rings (SSSR count). The number of halogens is 2. The molecule has 2 aromatic heterocycles. The van der Waals surface area contributed by atoms with E-state index in [4.69, 9.17) is 11.6 Å². The van der Waals surface area contributed by atoms with Crippen LogP contribution in [0.5, 0.6) is 0 Å². The van der Waals surface area contributed by atoms with Crippen molar-refractivity contribution in [3.63, 3.8) is 0 Å². The van der Waals surface area contributed by atoms with Gasteiger partial charge in [-0.15, -0.1) is 0 Å². The zero-order chi connectivity index (χ0) is 20.2. The molecule has 0 amide bonds. The van der Waals surface area contributed by atoms with Crippen LogP contribution in [0.4, 0.5) is 10.2 Å². The number of nitrogens with zero attached hydrogens (tertiary/aromatic N) is 2. The molecular formula is C23H23ClFN3O. The largest absolute Gasteiger partial charge is 0.393 e. The Bertz CT molecular complexity index is 997. The maximum atomic E-state index is 13.3. The van der Waals surface area contributed by atoms with Crippen LogP contribution in [0.25, 0.3) is 11.3 Å². The first kappa shape index (κ1) is 19.8. The number of hydrogen-bond donors (Lipinski definition) is 2. The first-order valence-corrected chi connectivity index (χ1v) is 10.2. The number of rotatable bonds is 6. The van der Waals surface area contributed by atoms with Gasteiger partial charge in [0.2, 0.25) is 0 Å². The summed E-state index contributed by atoms with van der Waals surface area (Å²) >= 11 is 6.41. The fourth-order valence-corrected chi connectivity index (χ4v) is 4.04. The molecule has 4 nitrogen and oxygen atoms in total. The lowest BCUT2D eigenvalue weighted by atomic mass is 10.00.